The van der Waals surface area contributed by atoms with E-state index in [2.05, 4.69) is 4.90 Å². The van der Waals surface area contributed by atoms with E-state index in [4.69, 9.17) is 9.47 Å². The molecule has 2 aromatic carbocycles. The van der Waals surface area contributed by atoms with E-state index in [0.717, 1.165) is 48.2 Å². The van der Waals surface area contributed by atoms with Gasteiger partial charge in [0.15, 0.2) is 12.0 Å². The second-order valence-electron chi connectivity index (χ2n) is 7.13. The van der Waals surface area contributed by atoms with Crippen LogP contribution in [0.25, 0.3) is 10.1 Å². The molecule has 1 aromatic heterocycles. The van der Waals surface area contributed by atoms with Crippen LogP contribution in [0, 0.1) is 5.92 Å². The third-order valence-electron chi connectivity index (χ3n) is 5.07. The van der Waals surface area contributed by atoms with Crippen LogP contribution in [0.4, 0.5) is 4.39 Å². The van der Waals surface area contributed by atoms with Crippen LogP contribution in [0.1, 0.15) is 16.1 Å². The van der Waals surface area contributed by atoms with Crippen LogP contribution >= 0.6 is 11.3 Å². The topological polar surface area (TPSA) is 59.0 Å². The molecule has 0 bridgehead atoms. The number of hydrogen-bond acceptors (Lipinski definition) is 6. The van der Waals surface area contributed by atoms with Gasteiger partial charge in [0, 0.05) is 29.1 Å². The number of rotatable bonds is 8. The number of phenolic OH excluding ortho intramolecular Hbond substituents is 1. The van der Waals surface area contributed by atoms with Gasteiger partial charge in [0.05, 0.1) is 6.67 Å². The zero-order chi connectivity index (χ0) is 20.2. The molecule has 152 valence electrons. The zero-order valence-electron chi connectivity index (χ0n) is 15.8. The van der Waals surface area contributed by atoms with Crippen molar-refractivity contribution in [2.24, 2.45) is 5.92 Å². The van der Waals surface area contributed by atoms with Gasteiger partial charge in [-0.25, -0.2) is 0 Å². The van der Waals surface area contributed by atoms with Crippen molar-refractivity contribution >= 4 is 27.7 Å². The van der Waals surface area contributed by atoms with Crippen LogP contribution in [0.15, 0.2) is 42.5 Å². The molecular formula is C22H22FNO4S. The molecule has 29 heavy (non-hydrogen) atoms. The van der Waals surface area contributed by atoms with Gasteiger partial charge in [-0.05, 0) is 55.4 Å². The Morgan fingerprint density at radius 1 is 1.21 bits per heavy atom. The Labute approximate surface area is 172 Å². The van der Waals surface area contributed by atoms with E-state index in [9.17, 15) is 14.3 Å². The highest BCUT2D eigenvalue weighted by atomic mass is 32.1. The van der Waals surface area contributed by atoms with E-state index in [-0.39, 0.29) is 18.3 Å². The minimum atomic E-state index is -0.245. The molecule has 1 N–H and O–H groups in total. The Morgan fingerprint density at radius 3 is 2.72 bits per heavy atom. The average Bonchev–Trinajstić information content (AvgIpc) is 3.33. The summed E-state index contributed by atoms with van der Waals surface area (Å²) in [6.07, 6.45) is 1.68. The van der Waals surface area contributed by atoms with Crippen LogP contribution in [-0.2, 0) is 0 Å². The van der Waals surface area contributed by atoms with E-state index in [0.29, 0.717) is 23.0 Å². The molecule has 1 atom stereocenters. The predicted octanol–water partition coefficient (Wildman–Crippen LogP) is 4.88. The van der Waals surface area contributed by atoms with Crippen LogP contribution in [0.3, 0.4) is 0 Å². The molecular weight excluding hydrogens is 393 g/mol. The molecule has 4 rings (SSSR count). The first-order valence-corrected chi connectivity index (χ1v) is 10.4. The molecule has 2 heterocycles. The van der Waals surface area contributed by atoms with Crippen LogP contribution in [-0.4, -0.2) is 49.2 Å². The smallest absolute Gasteiger partial charge is 0.163 e. The summed E-state index contributed by atoms with van der Waals surface area (Å²) in [4.78, 5) is 14.1. The van der Waals surface area contributed by atoms with E-state index >= 15 is 0 Å². The first-order valence-electron chi connectivity index (χ1n) is 9.56. The standard InChI is InChI=1S/C22H22FNO4S/c23-12-15-7-8-24(13-15)9-10-27-17-2-4-18(5-3-17)28-22-19-6-1-16(26)11-20(19)29-21(22)14-25/h1-6,11,14-15,26H,7-10,12-13H2. The molecule has 0 radical (unpaired) electrons. The van der Waals surface area contributed by atoms with Crippen molar-refractivity contribution in [1.82, 2.24) is 4.90 Å². The summed E-state index contributed by atoms with van der Waals surface area (Å²) in [7, 11) is 0. The zero-order valence-corrected chi connectivity index (χ0v) is 16.7. The number of hydrogen-bond donors (Lipinski definition) is 1. The predicted molar refractivity (Wildman–Crippen MR) is 111 cm³/mol. The van der Waals surface area contributed by atoms with Crippen molar-refractivity contribution in [2.75, 3.05) is 32.9 Å². The molecule has 1 saturated heterocycles. The number of carbonyl (C=O) groups excluding carboxylic acids is 1. The number of ether oxygens (including phenoxy) is 2. The first kappa shape index (κ1) is 19.7. The molecule has 3 aromatic rings. The lowest BCUT2D eigenvalue weighted by molar-refractivity contribution is 0.112. The molecule has 0 spiro atoms. The Balaban J connectivity index is 1.37. The number of nitrogens with zero attached hydrogens (tertiary/aromatic N) is 1. The van der Waals surface area contributed by atoms with Gasteiger partial charge in [0.25, 0.3) is 0 Å². The summed E-state index contributed by atoms with van der Waals surface area (Å²) in [5.74, 6) is 2.14. The highest BCUT2D eigenvalue weighted by Crippen LogP contribution is 2.40. The Kier molecular flexibility index (Phi) is 5.97. The summed E-state index contributed by atoms with van der Waals surface area (Å²) >= 11 is 1.28. The number of benzene rings is 2. The number of aldehydes is 1. The third-order valence-corrected chi connectivity index (χ3v) is 6.13. The molecule has 5 nitrogen and oxygen atoms in total. The highest BCUT2D eigenvalue weighted by Gasteiger charge is 2.21. The molecule has 1 fully saturated rings. The second-order valence-corrected chi connectivity index (χ2v) is 8.21. The van der Waals surface area contributed by atoms with Gasteiger partial charge in [-0.1, -0.05) is 0 Å². The summed E-state index contributed by atoms with van der Waals surface area (Å²) < 4.78 is 25.2. The molecule has 1 aliphatic rings. The Morgan fingerprint density at radius 2 is 2.00 bits per heavy atom. The minimum Gasteiger partial charge on any atom is -0.508 e. The van der Waals surface area contributed by atoms with Gasteiger partial charge < -0.3 is 14.6 Å². The first-order chi connectivity index (χ1) is 14.2. The number of carbonyl (C=O) groups is 1. The van der Waals surface area contributed by atoms with Gasteiger partial charge >= 0.3 is 0 Å². The third kappa shape index (κ3) is 4.52. The lowest BCUT2D eigenvalue weighted by Gasteiger charge is -2.16. The molecule has 0 aliphatic carbocycles. The Hall–Kier alpha value is -2.64. The summed E-state index contributed by atoms with van der Waals surface area (Å²) in [5, 5.41) is 10.4. The summed E-state index contributed by atoms with van der Waals surface area (Å²) in [5.41, 5.74) is 0. The van der Waals surface area contributed by atoms with Gasteiger partial charge in [-0.3, -0.25) is 14.1 Å². The minimum absolute atomic E-state index is 0.151. The van der Waals surface area contributed by atoms with Crippen LogP contribution in [0.5, 0.6) is 23.0 Å². The SMILES string of the molecule is O=Cc1sc2cc(O)ccc2c1Oc1ccc(OCCN2CCC(CF)C2)cc1. The number of likely N-dealkylation sites (tertiary alicyclic amines) is 1. The largest absolute Gasteiger partial charge is 0.508 e. The maximum absolute atomic E-state index is 12.7. The maximum atomic E-state index is 12.7. The van der Waals surface area contributed by atoms with Crippen molar-refractivity contribution in [1.29, 1.82) is 0 Å². The van der Waals surface area contributed by atoms with E-state index in [1.807, 2.05) is 12.1 Å². The molecule has 7 heteroatoms. The quantitative estimate of drug-likeness (QED) is 0.531. The fourth-order valence-electron chi connectivity index (χ4n) is 3.52. The van der Waals surface area contributed by atoms with Gasteiger partial charge in [0.2, 0.25) is 0 Å². The fourth-order valence-corrected chi connectivity index (χ4v) is 4.50. The van der Waals surface area contributed by atoms with Crippen molar-refractivity contribution in [3.05, 3.63) is 47.3 Å². The van der Waals surface area contributed by atoms with E-state index < -0.39 is 0 Å². The molecule has 0 amide bonds. The summed E-state index contributed by atoms with van der Waals surface area (Å²) in [6, 6.07) is 12.2. The second kappa shape index (κ2) is 8.80. The molecule has 1 aliphatic heterocycles. The van der Waals surface area contributed by atoms with Crippen molar-refractivity contribution < 1.29 is 23.8 Å². The highest BCUT2D eigenvalue weighted by molar-refractivity contribution is 7.21. The fraction of sp³-hybridized carbons (Fsp3) is 0.318. The number of alkyl halides is 1. The molecule has 0 saturated carbocycles. The van der Waals surface area contributed by atoms with Crippen molar-refractivity contribution in [2.45, 2.75) is 6.42 Å². The van der Waals surface area contributed by atoms with E-state index in [1.54, 1.807) is 30.3 Å². The molecule has 1 unspecified atom stereocenters. The number of fused-ring (bicyclic) bond motifs is 1. The van der Waals surface area contributed by atoms with Crippen LogP contribution < -0.4 is 9.47 Å². The van der Waals surface area contributed by atoms with Gasteiger partial charge in [0.1, 0.15) is 28.7 Å². The van der Waals surface area contributed by atoms with Gasteiger partial charge in [-0.15, -0.1) is 11.3 Å². The summed E-state index contributed by atoms with van der Waals surface area (Å²) in [6.45, 7) is 2.82. The normalized spacial score (nSPS) is 16.9. The number of aromatic hydroxyl groups is 1. The lowest BCUT2D eigenvalue weighted by Crippen LogP contribution is -2.26. The Bertz CT molecular complexity index is 988. The monoisotopic (exact) mass is 415 g/mol. The van der Waals surface area contributed by atoms with E-state index in [1.165, 1.54) is 11.3 Å². The maximum Gasteiger partial charge on any atom is 0.163 e. The van der Waals surface area contributed by atoms with Crippen LogP contribution in [0.2, 0.25) is 0 Å². The average molecular weight is 415 g/mol. The van der Waals surface area contributed by atoms with Gasteiger partial charge in [-0.2, -0.15) is 0 Å². The number of halogens is 1. The lowest BCUT2D eigenvalue weighted by atomic mass is 10.1. The van der Waals surface area contributed by atoms with Crippen molar-refractivity contribution in [3.63, 3.8) is 0 Å². The van der Waals surface area contributed by atoms with Crippen molar-refractivity contribution in [3.8, 4) is 23.0 Å². The number of phenols is 1. The number of thiophene rings is 1.